The highest BCUT2D eigenvalue weighted by Gasteiger charge is 2.28. The van der Waals surface area contributed by atoms with Crippen LogP contribution >= 0.6 is 11.3 Å². The average Bonchev–Trinajstić information content (AvgIpc) is 3.02. The van der Waals surface area contributed by atoms with E-state index in [4.69, 9.17) is 5.73 Å². The predicted octanol–water partition coefficient (Wildman–Crippen LogP) is 0.802. The molecule has 0 aliphatic carbocycles. The Morgan fingerprint density at radius 1 is 1.31 bits per heavy atom. The van der Waals surface area contributed by atoms with E-state index in [-0.39, 0.29) is 23.8 Å². The summed E-state index contributed by atoms with van der Waals surface area (Å²) in [6.07, 6.45) is 4.75. The van der Waals surface area contributed by atoms with Crippen molar-refractivity contribution >= 4 is 23.2 Å². The molecule has 2 aromatic rings. The summed E-state index contributed by atoms with van der Waals surface area (Å²) in [5.41, 5.74) is 6.77. The SMILES string of the molecule is CC(=O)N1C[C@@H](N)CC[C@@H](C(=O)NCc2csc(-c3ncccn3)n2)C1. The van der Waals surface area contributed by atoms with Gasteiger partial charge in [0.15, 0.2) is 10.8 Å². The maximum absolute atomic E-state index is 12.5. The van der Waals surface area contributed by atoms with Gasteiger partial charge in [0.05, 0.1) is 18.2 Å². The van der Waals surface area contributed by atoms with E-state index in [9.17, 15) is 9.59 Å². The molecule has 3 heterocycles. The highest BCUT2D eigenvalue weighted by atomic mass is 32.1. The zero-order valence-electron chi connectivity index (χ0n) is 14.6. The Labute approximate surface area is 155 Å². The van der Waals surface area contributed by atoms with E-state index >= 15 is 0 Å². The molecule has 3 N–H and O–H groups in total. The molecule has 138 valence electrons. The van der Waals surface area contributed by atoms with Crippen molar-refractivity contribution in [2.75, 3.05) is 13.1 Å². The summed E-state index contributed by atoms with van der Waals surface area (Å²) in [7, 11) is 0. The highest BCUT2D eigenvalue weighted by Crippen LogP contribution is 2.20. The Balaban J connectivity index is 1.58. The molecule has 0 bridgehead atoms. The van der Waals surface area contributed by atoms with Crippen LogP contribution in [0.15, 0.2) is 23.8 Å². The molecule has 0 aromatic carbocycles. The van der Waals surface area contributed by atoms with Gasteiger partial charge in [0, 0.05) is 43.8 Å². The van der Waals surface area contributed by atoms with Crippen LogP contribution < -0.4 is 11.1 Å². The zero-order valence-corrected chi connectivity index (χ0v) is 15.4. The summed E-state index contributed by atoms with van der Waals surface area (Å²) in [5, 5.41) is 5.53. The Morgan fingerprint density at radius 2 is 2.08 bits per heavy atom. The Hall–Kier alpha value is -2.39. The zero-order chi connectivity index (χ0) is 18.5. The molecule has 2 aromatic heterocycles. The van der Waals surface area contributed by atoms with Crippen LogP contribution in [0.3, 0.4) is 0 Å². The highest BCUT2D eigenvalue weighted by molar-refractivity contribution is 7.13. The van der Waals surface area contributed by atoms with E-state index in [0.29, 0.717) is 31.9 Å². The smallest absolute Gasteiger partial charge is 0.225 e. The third-order valence-corrected chi connectivity index (χ3v) is 5.24. The topological polar surface area (TPSA) is 114 Å². The van der Waals surface area contributed by atoms with Gasteiger partial charge in [-0.25, -0.2) is 15.0 Å². The van der Waals surface area contributed by atoms with Crippen molar-refractivity contribution in [3.8, 4) is 10.8 Å². The fraction of sp³-hybridized carbons (Fsp3) is 0.471. The minimum absolute atomic E-state index is 0.0489. The monoisotopic (exact) mass is 374 g/mol. The first-order chi connectivity index (χ1) is 12.5. The number of amides is 2. The standard InChI is InChI=1S/C17H22N6O2S/c1-11(24)23-8-12(3-4-13(18)9-23)16(25)21-7-14-10-26-17(22-14)15-19-5-2-6-20-15/h2,5-6,10,12-13H,3-4,7-9,18H2,1H3,(H,21,25)/t12-,13+/m1/s1. The molecule has 1 aliphatic rings. The summed E-state index contributed by atoms with van der Waals surface area (Å²) in [4.78, 5) is 38.7. The fourth-order valence-corrected chi connectivity index (χ4v) is 3.68. The van der Waals surface area contributed by atoms with Gasteiger partial charge in [0.2, 0.25) is 11.8 Å². The maximum atomic E-state index is 12.5. The average molecular weight is 374 g/mol. The van der Waals surface area contributed by atoms with Gasteiger partial charge in [-0.15, -0.1) is 11.3 Å². The fourth-order valence-electron chi connectivity index (χ4n) is 2.92. The third-order valence-electron chi connectivity index (χ3n) is 4.35. The number of rotatable bonds is 4. The van der Waals surface area contributed by atoms with E-state index in [1.54, 1.807) is 23.4 Å². The number of hydrogen-bond acceptors (Lipinski definition) is 7. The van der Waals surface area contributed by atoms with Gasteiger partial charge in [-0.1, -0.05) is 0 Å². The molecule has 0 radical (unpaired) electrons. The van der Waals surface area contributed by atoms with Crippen molar-refractivity contribution in [3.05, 3.63) is 29.5 Å². The third kappa shape index (κ3) is 4.61. The first kappa shape index (κ1) is 18.4. The van der Waals surface area contributed by atoms with Crippen molar-refractivity contribution in [2.24, 2.45) is 11.7 Å². The molecule has 1 saturated heterocycles. The van der Waals surface area contributed by atoms with Crippen LogP contribution in [0.1, 0.15) is 25.5 Å². The number of hydrogen-bond donors (Lipinski definition) is 2. The summed E-state index contributed by atoms with van der Waals surface area (Å²) < 4.78 is 0. The molecule has 1 fully saturated rings. The maximum Gasteiger partial charge on any atom is 0.225 e. The lowest BCUT2D eigenvalue weighted by atomic mass is 10.0. The molecular formula is C17H22N6O2S. The summed E-state index contributed by atoms with van der Waals surface area (Å²) >= 11 is 1.44. The van der Waals surface area contributed by atoms with Crippen LogP contribution in [-0.4, -0.2) is 50.8 Å². The molecular weight excluding hydrogens is 352 g/mol. The molecule has 9 heteroatoms. The largest absolute Gasteiger partial charge is 0.350 e. The van der Waals surface area contributed by atoms with Crippen molar-refractivity contribution in [1.82, 2.24) is 25.2 Å². The van der Waals surface area contributed by atoms with Gasteiger partial charge in [-0.3, -0.25) is 9.59 Å². The molecule has 0 unspecified atom stereocenters. The predicted molar refractivity (Wildman–Crippen MR) is 97.9 cm³/mol. The quantitative estimate of drug-likeness (QED) is 0.818. The van der Waals surface area contributed by atoms with E-state index in [1.807, 2.05) is 5.38 Å². The second kappa shape index (κ2) is 8.33. The summed E-state index contributed by atoms with van der Waals surface area (Å²) in [5.74, 6) is 0.205. The van der Waals surface area contributed by atoms with Crippen LogP contribution in [0.25, 0.3) is 10.8 Å². The van der Waals surface area contributed by atoms with Crippen molar-refractivity contribution in [3.63, 3.8) is 0 Å². The van der Waals surface area contributed by atoms with E-state index < -0.39 is 0 Å². The van der Waals surface area contributed by atoms with E-state index in [0.717, 1.165) is 17.1 Å². The minimum atomic E-state index is -0.247. The summed E-state index contributed by atoms with van der Waals surface area (Å²) in [6, 6.07) is 1.67. The second-order valence-corrected chi connectivity index (χ2v) is 7.25. The Morgan fingerprint density at radius 3 is 2.81 bits per heavy atom. The van der Waals surface area contributed by atoms with E-state index in [1.165, 1.54) is 18.3 Å². The first-order valence-electron chi connectivity index (χ1n) is 8.53. The number of carbonyl (C=O) groups is 2. The van der Waals surface area contributed by atoms with Crippen LogP contribution in [0, 0.1) is 5.92 Å². The molecule has 26 heavy (non-hydrogen) atoms. The Bertz CT molecular complexity index is 766. The molecule has 0 saturated carbocycles. The van der Waals surface area contributed by atoms with Crippen molar-refractivity contribution in [2.45, 2.75) is 32.4 Å². The lowest BCUT2D eigenvalue weighted by Gasteiger charge is -2.23. The second-order valence-electron chi connectivity index (χ2n) is 6.39. The number of thiazole rings is 1. The lowest BCUT2D eigenvalue weighted by molar-refractivity contribution is -0.131. The summed E-state index contributed by atoms with van der Waals surface area (Å²) in [6.45, 7) is 2.76. The van der Waals surface area contributed by atoms with Gasteiger partial charge in [0.1, 0.15) is 0 Å². The molecule has 2 atom stereocenters. The first-order valence-corrected chi connectivity index (χ1v) is 9.41. The van der Waals surface area contributed by atoms with E-state index in [2.05, 4.69) is 20.3 Å². The van der Waals surface area contributed by atoms with Gasteiger partial charge in [-0.2, -0.15) is 0 Å². The normalized spacial score (nSPS) is 20.5. The molecule has 8 nitrogen and oxygen atoms in total. The molecule has 0 spiro atoms. The van der Waals surface area contributed by atoms with Gasteiger partial charge in [0.25, 0.3) is 0 Å². The van der Waals surface area contributed by atoms with Crippen LogP contribution in [0.2, 0.25) is 0 Å². The van der Waals surface area contributed by atoms with Gasteiger partial charge < -0.3 is 16.0 Å². The van der Waals surface area contributed by atoms with Crippen LogP contribution in [0.4, 0.5) is 0 Å². The Kier molecular flexibility index (Phi) is 5.89. The molecule has 3 rings (SSSR count). The van der Waals surface area contributed by atoms with Crippen LogP contribution in [-0.2, 0) is 16.1 Å². The minimum Gasteiger partial charge on any atom is -0.350 e. The lowest BCUT2D eigenvalue weighted by Crippen LogP contribution is -2.42. The van der Waals surface area contributed by atoms with Gasteiger partial charge >= 0.3 is 0 Å². The number of nitrogens with zero attached hydrogens (tertiary/aromatic N) is 4. The molecule has 1 aliphatic heterocycles. The number of likely N-dealkylation sites (tertiary alicyclic amines) is 1. The number of carbonyl (C=O) groups excluding carboxylic acids is 2. The molecule has 2 amide bonds. The van der Waals surface area contributed by atoms with Crippen molar-refractivity contribution < 1.29 is 9.59 Å². The van der Waals surface area contributed by atoms with Crippen LogP contribution in [0.5, 0.6) is 0 Å². The number of aromatic nitrogens is 3. The van der Waals surface area contributed by atoms with Crippen molar-refractivity contribution in [1.29, 1.82) is 0 Å². The number of nitrogens with two attached hydrogens (primary N) is 1. The number of nitrogens with one attached hydrogen (secondary N) is 1. The van der Waals surface area contributed by atoms with Gasteiger partial charge in [-0.05, 0) is 18.9 Å².